The van der Waals surface area contributed by atoms with E-state index in [1.54, 1.807) is 38.4 Å². The minimum Gasteiger partial charge on any atom is -0.489 e. The molecule has 2 N–H and O–H groups in total. The number of nitrogens with one attached hydrogen (secondary N) is 2. The molecule has 1 aliphatic carbocycles. The second-order valence-corrected chi connectivity index (χ2v) is 7.23. The monoisotopic (exact) mass is 412 g/mol. The van der Waals surface area contributed by atoms with Crippen LogP contribution in [0.2, 0.25) is 0 Å². The van der Waals surface area contributed by atoms with Crippen molar-refractivity contribution in [2.45, 2.75) is 26.4 Å². The zero-order chi connectivity index (χ0) is 21.0. The zero-order valence-corrected chi connectivity index (χ0v) is 16.2. The Morgan fingerprint density at radius 1 is 1.43 bits per heavy atom. The third-order valence-electron chi connectivity index (χ3n) is 5.20. The summed E-state index contributed by atoms with van der Waals surface area (Å²) in [4.78, 5) is 16.2. The van der Waals surface area contributed by atoms with Crippen LogP contribution >= 0.6 is 0 Å². The Morgan fingerprint density at radius 3 is 2.97 bits per heavy atom. The standard InChI is InChI=1S/C20H18F2N6O2/c1-3-30-19-17(22)9(2)16(11-7-23-26-18(11)19)13-4-5-15-24-14(8-28(15)27-13)25-20(29)10-6-12(10)21/h4-5,7-8,10,12H,3,6H2,1-2H3,(H,23,26)(H,25,29). The number of halogens is 2. The van der Waals surface area contributed by atoms with Crippen molar-refractivity contribution in [3.63, 3.8) is 0 Å². The average molecular weight is 412 g/mol. The van der Waals surface area contributed by atoms with E-state index in [-0.39, 0.29) is 18.0 Å². The smallest absolute Gasteiger partial charge is 0.231 e. The zero-order valence-electron chi connectivity index (χ0n) is 16.2. The number of benzene rings is 1. The highest BCUT2D eigenvalue weighted by Crippen LogP contribution is 2.38. The molecule has 1 saturated carbocycles. The number of ether oxygens (including phenoxy) is 1. The summed E-state index contributed by atoms with van der Waals surface area (Å²) in [7, 11) is 0. The molecule has 2 unspecified atom stereocenters. The van der Waals surface area contributed by atoms with Crippen LogP contribution in [0.15, 0.2) is 24.5 Å². The van der Waals surface area contributed by atoms with Crippen molar-refractivity contribution >= 4 is 28.3 Å². The van der Waals surface area contributed by atoms with E-state index in [4.69, 9.17) is 4.74 Å². The molecule has 8 nitrogen and oxygen atoms in total. The van der Waals surface area contributed by atoms with Gasteiger partial charge in [-0.05, 0) is 38.0 Å². The number of carbonyl (C=O) groups excluding carboxylic acids is 1. The highest BCUT2D eigenvalue weighted by atomic mass is 19.1. The molecule has 4 aromatic rings. The number of hydrogen-bond acceptors (Lipinski definition) is 5. The summed E-state index contributed by atoms with van der Waals surface area (Å²) in [5.41, 5.74) is 2.43. The molecule has 5 rings (SSSR count). The van der Waals surface area contributed by atoms with E-state index in [2.05, 4.69) is 25.6 Å². The van der Waals surface area contributed by atoms with Crippen LogP contribution in [0.5, 0.6) is 5.75 Å². The Bertz CT molecular complexity index is 1300. The predicted octanol–water partition coefficient (Wildman–Crippen LogP) is 3.42. The van der Waals surface area contributed by atoms with E-state index in [0.29, 0.717) is 40.0 Å². The Labute approximate surface area is 169 Å². The molecular weight excluding hydrogens is 394 g/mol. The fourth-order valence-electron chi connectivity index (χ4n) is 3.58. The minimum atomic E-state index is -1.08. The van der Waals surface area contributed by atoms with E-state index >= 15 is 4.39 Å². The predicted molar refractivity (Wildman–Crippen MR) is 106 cm³/mol. The largest absolute Gasteiger partial charge is 0.489 e. The lowest BCUT2D eigenvalue weighted by Gasteiger charge is -2.13. The van der Waals surface area contributed by atoms with Crippen molar-refractivity contribution < 1.29 is 18.3 Å². The van der Waals surface area contributed by atoms with Gasteiger partial charge in [0.05, 0.1) is 30.6 Å². The van der Waals surface area contributed by atoms with Crippen molar-refractivity contribution in [2.24, 2.45) is 5.92 Å². The number of carbonyl (C=O) groups is 1. The first-order valence-electron chi connectivity index (χ1n) is 9.57. The summed E-state index contributed by atoms with van der Waals surface area (Å²) in [5.74, 6) is -1.06. The van der Waals surface area contributed by atoms with Crippen molar-refractivity contribution in [2.75, 3.05) is 11.9 Å². The molecule has 1 fully saturated rings. The van der Waals surface area contributed by atoms with Gasteiger partial charge < -0.3 is 10.1 Å². The van der Waals surface area contributed by atoms with Crippen molar-refractivity contribution in [3.05, 3.63) is 35.9 Å². The van der Waals surface area contributed by atoms with Crippen molar-refractivity contribution in [3.8, 4) is 17.0 Å². The number of hydrogen-bond donors (Lipinski definition) is 2. The van der Waals surface area contributed by atoms with Crippen LogP contribution in [-0.2, 0) is 4.79 Å². The highest BCUT2D eigenvalue weighted by Gasteiger charge is 2.43. The van der Waals surface area contributed by atoms with Crippen molar-refractivity contribution in [1.82, 2.24) is 24.8 Å². The first-order chi connectivity index (χ1) is 14.5. The van der Waals surface area contributed by atoms with Gasteiger partial charge in [-0.3, -0.25) is 9.89 Å². The Balaban J connectivity index is 1.57. The molecule has 0 aliphatic heterocycles. The first kappa shape index (κ1) is 18.5. The van der Waals surface area contributed by atoms with Gasteiger partial charge in [-0.25, -0.2) is 18.3 Å². The van der Waals surface area contributed by atoms with Crippen LogP contribution in [0.1, 0.15) is 18.9 Å². The number of aromatic amines is 1. The minimum absolute atomic E-state index is 0.131. The van der Waals surface area contributed by atoms with Crippen LogP contribution in [0.3, 0.4) is 0 Å². The summed E-state index contributed by atoms with van der Waals surface area (Å²) in [5, 5.41) is 14.7. The highest BCUT2D eigenvalue weighted by molar-refractivity contribution is 5.99. The van der Waals surface area contributed by atoms with E-state index in [1.165, 1.54) is 4.52 Å². The van der Waals surface area contributed by atoms with Crippen molar-refractivity contribution in [1.29, 1.82) is 0 Å². The summed E-state index contributed by atoms with van der Waals surface area (Å²) in [6.07, 6.45) is 2.31. The van der Waals surface area contributed by atoms with E-state index in [0.717, 1.165) is 0 Å². The number of anilines is 1. The lowest BCUT2D eigenvalue weighted by atomic mass is 9.99. The second kappa shape index (κ2) is 6.75. The lowest BCUT2D eigenvalue weighted by molar-refractivity contribution is -0.117. The summed E-state index contributed by atoms with van der Waals surface area (Å²) in [6.45, 7) is 3.77. The molecular formula is C20H18F2N6O2. The van der Waals surface area contributed by atoms with Gasteiger partial charge in [0.25, 0.3) is 0 Å². The molecule has 1 amide bonds. The fraction of sp³-hybridized carbons (Fsp3) is 0.300. The quantitative estimate of drug-likeness (QED) is 0.524. The third kappa shape index (κ3) is 2.87. The number of rotatable bonds is 5. The molecule has 3 heterocycles. The van der Waals surface area contributed by atoms with Gasteiger partial charge in [0.2, 0.25) is 5.91 Å². The molecule has 154 valence electrons. The third-order valence-corrected chi connectivity index (χ3v) is 5.20. The van der Waals surface area contributed by atoms with Gasteiger partial charge in [0.15, 0.2) is 23.0 Å². The maximum absolute atomic E-state index is 15.0. The maximum atomic E-state index is 15.0. The normalized spacial score (nSPS) is 18.1. The van der Waals surface area contributed by atoms with Crippen LogP contribution < -0.4 is 10.1 Å². The number of imidazole rings is 1. The lowest BCUT2D eigenvalue weighted by Crippen LogP contribution is -2.15. The van der Waals surface area contributed by atoms with Gasteiger partial charge in [-0.2, -0.15) is 10.2 Å². The number of fused-ring (bicyclic) bond motifs is 2. The molecule has 10 heteroatoms. The number of amides is 1. The first-order valence-corrected chi connectivity index (χ1v) is 9.57. The van der Waals surface area contributed by atoms with Crippen LogP contribution in [0, 0.1) is 18.7 Å². The fourth-order valence-corrected chi connectivity index (χ4v) is 3.58. The second-order valence-electron chi connectivity index (χ2n) is 7.23. The summed E-state index contributed by atoms with van der Waals surface area (Å²) in [6, 6.07) is 3.44. The Kier molecular flexibility index (Phi) is 4.16. The maximum Gasteiger partial charge on any atom is 0.231 e. The molecule has 1 aliphatic rings. The summed E-state index contributed by atoms with van der Waals surface area (Å²) >= 11 is 0. The number of H-pyrrole nitrogens is 1. The van der Waals surface area contributed by atoms with Gasteiger partial charge in [0, 0.05) is 10.9 Å². The average Bonchev–Trinajstić information content (AvgIpc) is 3.11. The molecule has 0 radical (unpaired) electrons. The molecule has 0 saturated heterocycles. The molecule has 0 spiro atoms. The molecule has 3 aromatic heterocycles. The van der Waals surface area contributed by atoms with Gasteiger partial charge >= 0.3 is 0 Å². The van der Waals surface area contributed by atoms with Crippen LogP contribution in [0.4, 0.5) is 14.6 Å². The number of nitrogens with zero attached hydrogens (tertiary/aromatic N) is 4. The van der Waals surface area contributed by atoms with E-state index in [1.807, 2.05) is 0 Å². The topological polar surface area (TPSA) is 97.2 Å². The van der Waals surface area contributed by atoms with Crippen LogP contribution in [0.25, 0.3) is 27.8 Å². The van der Waals surface area contributed by atoms with Gasteiger partial charge in [-0.1, -0.05) is 0 Å². The van der Waals surface area contributed by atoms with Gasteiger partial charge in [-0.15, -0.1) is 0 Å². The molecule has 2 atom stereocenters. The van der Waals surface area contributed by atoms with Gasteiger partial charge in [0.1, 0.15) is 11.7 Å². The van der Waals surface area contributed by atoms with Crippen LogP contribution in [-0.4, -0.2) is 43.5 Å². The molecule has 1 aromatic carbocycles. The molecule has 0 bridgehead atoms. The molecule has 30 heavy (non-hydrogen) atoms. The van der Waals surface area contributed by atoms with E-state index < -0.39 is 23.8 Å². The Morgan fingerprint density at radius 2 is 2.23 bits per heavy atom. The number of aromatic nitrogens is 5. The summed E-state index contributed by atoms with van der Waals surface area (Å²) < 4.78 is 35.1. The Hall–Kier alpha value is -3.56. The number of alkyl halides is 1. The SMILES string of the molecule is CCOc1c(F)c(C)c(-c2ccc3nc(NC(=O)C4CC4F)cn3n2)c2cn[nH]c12. The van der Waals surface area contributed by atoms with E-state index in [9.17, 15) is 9.18 Å².